The summed E-state index contributed by atoms with van der Waals surface area (Å²) < 4.78 is 25.7. The summed E-state index contributed by atoms with van der Waals surface area (Å²) >= 11 is 0. The summed E-state index contributed by atoms with van der Waals surface area (Å²) in [4.78, 5) is 2.24. The van der Waals surface area contributed by atoms with Gasteiger partial charge in [0.1, 0.15) is 0 Å². The molecule has 18 heavy (non-hydrogen) atoms. The van der Waals surface area contributed by atoms with E-state index in [4.69, 9.17) is 6.42 Å². The molecule has 0 bridgehead atoms. The molecule has 0 N–H and O–H groups in total. The SMILES string of the molecule is C#CCC1CC2(CCN(CC3CC3(F)F)CC2)C1. The Balaban J connectivity index is 1.41. The van der Waals surface area contributed by atoms with Crippen molar-refractivity contribution in [3.05, 3.63) is 0 Å². The largest absolute Gasteiger partial charge is 0.303 e. The van der Waals surface area contributed by atoms with Crippen molar-refractivity contribution < 1.29 is 8.78 Å². The van der Waals surface area contributed by atoms with E-state index in [1.54, 1.807) is 0 Å². The van der Waals surface area contributed by atoms with Crippen molar-refractivity contribution in [2.24, 2.45) is 17.3 Å². The Morgan fingerprint density at radius 3 is 2.28 bits per heavy atom. The third-order valence-corrected chi connectivity index (χ3v) is 5.20. The molecule has 1 saturated heterocycles. The lowest BCUT2D eigenvalue weighted by molar-refractivity contribution is -0.0155. The Hall–Kier alpha value is -0.620. The minimum absolute atomic E-state index is 0.110. The molecule has 0 aromatic carbocycles. The van der Waals surface area contributed by atoms with E-state index in [9.17, 15) is 8.78 Å². The first-order chi connectivity index (χ1) is 8.53. The van der Waals surface area contributed by atoms with E-state index in [0.717, 1.165) is 25.4 Å². The normalized spacial score (nSPS) is 33.9. The van der Waals surface area contributed by atoms with Crippen molar-refractivity contribution in [3.63, 3.8) is 0 Å². The Bertz CT molecular complexity index is 355. The second-order valence-electron chi connectivity index (χ2n) is 6.65. The van der Waals surface area contributed by atoms with Crippen LogP contribution in [0.2, 0.25) is 0 Å². The third kappa shape index (κ3) is 2.28. The molecule has 3 fully saturated rings. The first-order valence-corrected chi connectivity index (χ1v) is 7.07. The van der Waals surface area contributed by atoms with Crippen molar-refractivity contribution >= 4 is 0 Å². The lowest BCUT2D eigenvalue weighted by Gasteiger charge is -2.52. The zero-order chi connectivity index (χ0) is 12.8. The second-order valence-corrected chi connectivity index (χ2v) is 6.65. The molecule has 0 amide bonds. The van der Waals surface area contributed by atoms with E-state index < -0.39 is 5.92 Å². The minimum Gasteiger partial charge on any atom is -0.303 e. The quantitative estimate of drug-likeness (QED) is 0.698. The maximum absolute atomic E-state index is 12.9. The molecule has 1 spiro atoms. The van der Waals surface area contributed by atoms with Gasteiger partial charge in [-0.3, -0.25) is 0 Å². The molecular weight excluding hydrogens is 232 g/mol. The first kappa shape index (κ1) is 12.4. The fourth-order valence-corrected chi connectivity index (χ4v) is 3.87. The molecule has 3 rings (SSSR count). The Morgan fingerprint density at radius 1 is 1.17 bits per heavy atom. The molecule has 0 aromatic heterocycles. The smallest absolute Gasteiger partial charge is 0.252 e. The summed E-state index contributed by atoms with van der Waals surface area (Å²) in [5.41, 5.74) is 0.518. The maximum atomic E-state index is 12.9. The van der Waals surface area contributed by atoms with Crippen molar-refractivity contribution in [1.29, 1.82) is 0 Å². The van der Waals surface area contributed by atoms with Gasteiger partial charge in [0, 0.05) is 25.3 Å². The van der Waals surface area contributed by atoms with Crippen LogP contribution >= 0.6 is 0 Å². The van der Waals surface area contributed by atoms with Gasteiger partial charge < -0.3 is 4.90 Å². The number of nitrogens with zero attached hydrogens (tertiary/aromatic N) is 1. The molecule has 2 saturated carbocycles. The maximum Gasteiger partial charge on any atom is 0.252 e. The van der Waals surface area contributed by atoms with Crippen molar-refractivity contribution in [3.8, 4) is 12.3 Å². The number of halogens is 2. The van der Waals surface area contributed by atoms with Crippen LogP contribution in [0.3, 0.4) is 0 Å². The molecule has 2 aliphatic carbocycles. The summed E-state index contributed by atoms with van der Waals surface area (Å²) in [6, 6.07) is 0. The standard InChI is InChI=1S/C15H21F2N/c1-2-3-12-8-14(9-12)4-6-18(7-5-14)11-13-10-15(13,16)17/h1,12-13H,3-11H2. The predicted molar refractivity (Wildman–Crippen MR) is 67.3 cm³/mol. The van der Waals surface area contributed by atoms with Crippen molar-refractivity contribution in [2.45, 2.75) is 44.4 Å². The topological polar surface area (TPSA) is 3.24 Å². The molecule has 100 valence electrons. The Morgan fingerprint density at radius 2 is 1.78 bits per heavy atom. The lowest BCUT2D eigenvalue weighted by Crippen LogP contribution is -2.47. The fourth-order valence-electron chi connectivity index (χ4n) is 3.87. The molecule has 1 unspecified atom stereocenters. The molecule has 0 aromatic rings. The molecular formula is C15H21F2N. The number of terminal acetylenes is 1. The van der Waals surface area contributed by atoms with E-state index in [-0.39, 0.29) is 12.3 Å². The number of likely N-dealkylation sites (tertiary alicyclic amines) is 1. The van der Waals surface area contributed by atoms with Crippen LogP contribution in [-0.2, 0) is 0 Å². The number of hydrogen-bond acceptors (Lipinski definition) is 1. The average Bonchev–Trinajstić information content (AvgIpc) is 2.87. The third-order valence-electron chi connectivity index (χ3n) is 5.20. The van der Waals surface area contributed by atoms with Gasteiger partial charge in [-0.1, -0.05) is 0 Å². The minimum atomic E-state index is -2.36. The van der Waals surface area contributed by atoms with Crippen LogP contribution in [0.5, 0.6) is 0 Å². The Labute approximate surface area is 108 Å². The van der Waals surface area contributed by atoms with E-state index in [1.807, 2.05) is 0 Å². The molecule has 1 heterocycles. The highest BCUT2D eigenvalue weighted by atomic mass is 19.3. The van der Waals surface area contributed by atoms with Crippen LogP contribution in [0.4, 0.5) is 8.78 Å². The molecule has 3 aliphatic rings. The number of piperidine rings is 1. The fraction of sp³-hybridized carbons (Fsp3) is 0.867. The monoisotopic (exact) mass is 253 g/mol. The van der Waals surface area contributed by atoms with Crippen LogP contribution in [0.15, 0.2) is 0 Å². The van der Waals surface area contributed by atoms with Gasteiger partial charge in [-0.2, -0.15) is 0 Å². The molecule has 1 nitrogen and oxygen atoms in total. The Kier molecular flexibility index (Phi) is 2.90. The van der Waals surface area contributed by atoms with Gasteiger partial charge in [0.15, 0.2) is 0 Å². The average molecular weight is 253 g/mol. The number of rotatable bonds is 3. The highest BCUT2D eigenvalue weighted by Gasteiger charge is 2.57. The summed E-state index contributed by atoms with van der Waals surface area (Å²) in [6.45, 7) is 2.63. The second kappa shape index (κ2) is 4.20. The van der Waals surface area contributed by atoms with Crippen LogP contribution < -0.4 is 0 Å². The first-order valence-electron chi connectivity index (χ1n) is 7.07. The number of hydrogen-bond donors (Lipinski definition) is 0. The van der Waals surface area contributed by atoms with E-state index >= 15 is 0 Å². The van der Waals surface area contributed by atoms with Crippen LogP contribution in [0, 0.1) is 29.6 Å². The molecule has 3 heteroatoms. The van der Waals surface area contributed by atoms with Gasteiger partial charge in [-0.25, -0.2) is 8.78 Å². The van der Waals surface area contributed by atoms with Gasteiger partial charge in [0.25, 0.3) is 5.92 Å². The molecule has 0 radical (unpaired) electrons. The van der Waals surface area contributed by atoms with Gasteiger partial charge in [0.05, 0.1) is 0 Å². The highest BCUT2D eigenvalue weighted by molar-refractivity contribution is 5.02. The predicted octanol–water partition coefficient (Wildman–Crippen LogP) is 3.16. The lowest BCUT2D eigenvalue weighted by atomic mass is 9.57. The van der Waals surface area contributed by atoms with Gasteiger partial charge in [0.2, 0.25) is 0 Å². The van der Waals surface area contributed by atoms with Gasteiger partial charge in [-0.05, 0) is 50.1 Å². The van der Waals surface area contributed by atoms with Crippen LogP contribution in [0.1, 0.15) is 38.5 Å². The van der Waals surface area contributed by atoms with Gasteiger partial charge in [-0.15, -0.1) is 12.3 Å². The van der Waals surface area contributed by atoms with E-state index in [0.29, 0.717) is 12.0 Å². The van der Waals surface area contributed by atoms with Gasteiger partial charge >= 0.3 is 0 Å². The summed E-state index contributed by atoms with van der Waals surface area (Å²) in [6.07, 6.45) is 11.3. The zero-order valence-corrected chi connectivity index (χ0v) is 10.8. The highest BCUT2D eigenvalue weighted by Crippen LogP contribution is 2.54. The summed E-state index contributed by atoms with van der Waals surface area (Å²) in [5.74, 6) is 0.764. The van der Waals surface area contributed by atoms with Crippen molar-refractivity contribution in [1.82, 2.24) is 4.90 Å². The van der Waals surface area contributed by atoms with Crippen molar-refractivity contribution in [2.75, 3.05) is 19.6 Å². The molecule has 1 aliphatic heterocycles. The van der Waals surface area contributed by atoms with E-state index in [1.165, 1.54) is 25.7 Å². The zero-order valence-electron chi connectivity index (χ0n) is 10.8. The molecule has 1 atom stereocenters. The summed E-state index contributed by atoms with van der Waals surface area (Å²) in [5, 5.41) is 0. The summed E-state index contributed by atoms with van der Waals surface area (Å²) in [7, 11) is 0. The van der Waals surface area contributed by atoms with Crippen LogP contribution in [-0.4, -0.2) is 30.5 Å². The van der Waals surface area contributed by atoms with Crippen LogP contribution in [0.25, 0.3) is 0 Å². The number of alkyl halides is 2. The van der Waals surface area contributed by atoms with E-state index in [2.05, 4.69) is 10.8 Å².